The van der Waals surface area contributed by atoms with Gasteiger partial charge in [-0.2, -0.15) is 10.2 Å². The Kier molecular flexibility index (Phi) is 5.37. The lowest BCUT2D eigenvalue weighted by molar-refractivity contribution is 0.622. The second-order valence-electron chi connectivity index (χ2n) is 4.21. The number of aryl methyl sites for hydroxylation is 3. The van der Waals surface area contributed by atoms with E-state index in [4.69, 9.17) is 0 Å². The Morgan fingerprint density at radius 2 is 2.11 bits per heavy atom. The maximum atomic E-state index is 4.31. The molecule has 6 heteroatoms. The summed E-state index contributed by atoms with van der Waals surface area (Å²) in [4.78, 5) is 0. The Morgan fingerprint density at radius 3 is 2.67 bits per heavy atom. The molecule has 0 saturated carbocycles. The van der Waals surface area contributed by atoms with E-state index in [1.165, 1.54) is 11.3 Å². The smallest absolute Gasteiger partial charge is 0.0597 e. The zero-order chi connectivity index (χ0) is 12.3. The molecule has 0 spiro atoms. The van der Waals surface area contributed by atoms with Crippen LogP contribution in [-0.2, 0) is 26.7 Å². The van der Waals surface area contributed by atoms with Gasteiger partial charge in [0.1, 0.15) is 0 Å². The molecule has 2 rings (SSSR count). The summed E-state index contributed by atoms with van der Waals surface area (Å²) in [5.41, 5.74) is 3.47. The van der Waals surface area contributed by atoms with Crippen LogP contribution in [0.2, 0.25) is 0 Å². The summed E-state index contributed by atoms with van der Waals surface area (Å²) in [6.45, 7) is 6.68. The van der Waals surface area contributed by atoms with Crippen LogP contribution < -0.4 is 5.32 Å². The first-order valence-electron chi connectivity index (χ1n) is 5.90. The first-order chi connectivity index (χ1) is 8.19. The molecule has 0 amide bonds. The highest BCUT2D eigenvalue weighted by Gasteiger charge is 2.02. The molecular formula is C12H20ClN5. The molecule has 0 fully saturated rings. The van der Waals surface area contributed by atoms with Crippen molar-refractivity contribution in [2.45, 2.75) is 33.5 Å². The lowest BCUT2D eigenvalue weighted by Gasteiger charge is -2.03. The molecular weight excluding hydrogens is 250 g/mol. The van der Waals surface area contributed by atoms with Crippen LogP contribution in [0.15, 0.2) is 18.5 Å². The van der Waals surface area contributed by atoms with E-state index in [9.17, 15) is 0 Å². The van der Waals surface area contributed by atoms with Crippen molar-refractivity contribution in [3.05, 3.63) is 35.4 Å². The number of nitrogens with zero attached hydrogens (tertiary/aromatic N) is 4. The highest BCUT2D eigenvalue weighted by Crippen LogP contribution is 2.02. The lowest BCUT2D eigenvalue weighted by Crippen LogP contribution is -2.14. The van der Waals surface area contributed by atoms with E-state index in [-0.39, 0.29) is 12.4 Å². The summed E-state index contributed by atoms with van der Waals surface area (Å²) < 4.78 is 3.85. The summed E-state index contributed by atoms with van der Waals surface area (Å²) in [5.74, 6) is 0. The van der Waals surface area contributed by atoms with Crippen molar-refractivity contribution < 1.29 is 0 Å². The van der Waals surface area contributed by atoms with Gasteiger partial charge in [0.05, 0.1) is 17.6 Å². The van der Waals surface area contributed by atoms with Crippen LogP contribution in [0.4, 0.5) is 0 Å². The molecule has 2 aromatic heterocycles. The third kappa shape index (κ3) is 3.58. The van der Waals surface area contributed by atoms with Gasteiger partial charge in [0.15, 0.2) is 0 Å². The lowest BCUT2D eigenvalue weighted by atomic mass is 10.3. The predicted octanol–water partition coefficient (Wildman–Crippen LogP) is 1.66. The van der Waals surface area contributed by atoms with Crippen LogP contribution in [0.1, 0.15) is 23.9 Å². The third-order valence-electron chi connectivity index (χ3n) is 2.74. The van der Waals surface area contributed by atoms with E-state index in [1.807, 2.05) is 29.5 Å². The molecule has 5 nitrogen and oxygen atoms in total. The van der Waals surface area contributed by atoms with Crippen molar-refractivity contribution in [1.29, 1.82) is 0 Å². The van der Waals surface area contributed by atoms with Gasteiger partial charge in [0.25, 0.3) is 0 Å². The predicted molar refractivity (Wildman–Crippen MR) is 73.6 cm³/mol. The van der Waals surface area contributed by atoms with Gasteiger partial charge in [0, 0.05) is 38.4 Å². The minimum atomic E-state index is 0. The molecule has 0 atom stereocenters. The van der Waals surface area contributed by atoms with E-state index in [2.05, 4.69) is 34.7 Å². The van der Waals surface area contributed by atoms with Gasteiger partial charge < -0.3 is 5.32 Å². The van der Waals surface area contributed by atoms with E-state index in [0.29, 0.717) is 0 Å². The van der Waals surface area contributed by atoms with E-state index < -0.39 is 0 Å². The van der Waals surface area contributed by atoms with Crippen LogP contribution in [0, 0.1) is 6.92 Å². The van der Waals surface area contributed by atoms with Gasteiger partial charge in [-0.3, -0.25) is 9.36 Å². The van der Waals surface area contributed by atoms with Crippen molar-refractivity contribution >= 4 is 12.4 Å². The zero-order valence-corrected chi connectivity index (χ0v) is 11.9. The highest BCUT2D eigenvalue weighted by atomic mass is 35.5. The molecule has 0 radical (unpaired) electrons. The van der Waals surface area contributed by atoms with Gasteiger partial charge in [-0.15, -0.1) is 12.4 Å². The maximum Gasteiger partial charge on any atom is 0.0597 e. The fraction of sp³-hybridized carbons (Fsp3) is 0.500. The Balaban J connectivity index is 0.00000162. The SMILES string of the molecule is CCn1cc(CNCc2cc(C)nn2C)cn1.Cl. The molecule has 0 saturated heterocycles. The van der Waals surface area contributed by atoms with Gasteiger partial charge in [-0.1, -0.05) is 0 Å². The van der Waals surface area contributed by atoms with Gasteiger partial charge in [-0.05, 0) is 19.9 Å². The summed E-state index contributed by atoms with van der Waals surface area (Å²) >= 11 is 0. The molecule has 1 N–H and O–H groups in total. The average molecular weight is 270 g/mol. The van der Waals surface area contributed by atoms with Crippen molar-refractivity contribution in [2.75, 3.05) is 0 Å². The molecule has 0 bridgehead atoms. The Morgan fingerprint density at radius 1 is 1.33 bits per heavy atom. The van der Waals surface area contributed by atoms with E-state index in [0.717, 1.165) is 25.3 Å². The average Bonchev–Trinajstić information content (AvgIpc) is 2.86. The Hall–Kier alpha value is -1.33. The van der Waals surface area contributed by atoms with E-state index in [1.54, 1.807) is 0 Å². The summed E-state index contributed by atoms with van der Waals surface area (Å²) in [6, 6.07) is 2.10. The quantitative estimate of drug-likeness (QED) is 0.898. The van der Waals surface area contributed by atoms with Crippen molar-refractivity contribution in [3.63, 3.8) is 0 Å². The number of nitrogens with one attached hydrogen (secondary N) is 1. The molecule has 0 aliphatic rings. The fourth-order valence-corrected chi connectivity index (χ4v) is 1.84. The second-order valence-corrected chi connectivity index (χ2v) is 4.21. The van der Waals surface area contributed by atoms with Gasteiger partial charge in [-0.25, -0.2) is 0 Å². The molecule has 100 valence electrons. The monoisotopic (exact) mass is 269 g/mol. The maximum absolute atomic E-state index is 4.31. The number of hydrogen-bond donors (Lipinski definition) is 1. The Bertz CT molecular complexity index is 488. The van der Waals surface area contributed by atoms with Crippen LogP contribution in [0.3, 0.4) is 0 Å². The fourth-order valence-electron chi connectivity index (χ4n) is 1.84. The molecule has 0 aliphatic carbocycles. The van der Waals surface area contributed by atoms with Crippen LogP contribution in [0.5, 0.6) is 0 Å². The molecule has 2 aromatic rings. The first-order valence-corrected chi connectivity index (χ1v) is 5.90. The Labute approximate surface area is 114 Å². The normalized spacial score (nSPS) is 10.4. The second kappa shape index (κ2) is 6.56. The molecule has 0 aromatic carbocycles. The molecule has 18 heavy (non-hydrogen) atoms. The largest absolute Gasteiger partial charge is 0.307 e. The molecule has 0 unspecified atom stereocenters. The number of halogens is 1. The number of aromatic nitrogens is 4. The molecule has 0 aliphatic heterocycles. The molecule has 2 heterocycles. The topological polar surface area (TPSA) is 47.7 Å². The minimum absolute atomic E-state index is 0. The zero-order valence-electron chi connectivity index (χ0n) is 11.1. The summed E-state index contributed by atoms with van der Waals surface area (Å²) in [7, 11) is 1.97. The standard InChI is InChI=1S/C12H19N5.ClH/c1-4-17-9-11(7-14-17)6-13-8-12-5-10(2)15-16(12)3;/h5,7,9,13H,4,6,8H2,1-3H3;1H. The van der Waals surface area contributed by atoms with Crippen LogP contribution in [-0.4, -0.2) is 19.6 Å². The summed E-state index contributed by atoms with van der Waals surface area (Å²) in [6.07, 6.45) is 3.98. The highest BCUT2D eigenvalue weighted by molar-refractivity contribution is 5.85. The first kappa shape index (κ1) is 14.7. The van der Waals surface area contributed by atoms with Crippen molar-refractivity contribution in [1.82, 2.24) is 24.9 Å². The number of rotatable bonds is 5. The number of hydrogen-bond acceptors (Lipinski definition) is 3. The van der Waals surface area contributed by atoms with Crippen molar-refractivity contribution in [2.24, 2.45) is 7.05 Å². The van der Waals surface area contributed by atoms with Crippen LogP contribution in [0.25, 0.3) is 0 Å². The van der Waals surface area contributed by atoms with Gasteiger partial charge in [0.2, 0.25) is 0 Å². The third-order valence-corrected chi connectivity index (χ3v) is 2.74. The van der Waals surface area contributed by atoms with Crippen molar-refractivity contribution in [3.8, 4) is 0 Å². The van der Waals surface area contributed by atoms with Crippen LogP contribution >= 0.6 is 12.4 Å². The summed E-state index contributed by atoms with van der Waals surface area (Å²) in [5, 5.41) is 12.0. The van der Waals surface area contributed by atoms with E-state index >= 15 is 0 Å². The van der Waals surface area contributed by atoms with Gasteiger partial charge >= 0.3 is 0 Å². The minimum Gasteiger partial charge on any atom is -0.307 e.